The van der Waals surface area contributed by atoms with Gasteiger partial charge in [0, 0.05) is 5.92 Å². The second kappa shape index (κ2) is 6.68. The van der Waals surface area contributed by atoms with Crippen LogP contribution in [0.5, 0.6) is 5.75 Å². The highest BCUT2D eigenvalue weighted by Crippen LogP contribution is 2.46. The minimum absolute atomic E-state index is 0.157. The first-order valence-corrected chi connectivity index (χ1v) is 8.40. The lowest BCUT2D eigenvalue weighted by molar-refractivity contribution is -0.152. The van der Waals surface area contributed by atoms with Gasteiger partial charge in [0.2, 0.25) is 0 Å². The van der Waals surface area contributed by atoms with E-state index in [0.717, 1.165) is 24.2 Å². The van der Waals surface area contributed by atoms with E-state index in [1.54, 1.807) is 0 Å². The Balaban J connectivity index is 1.80. The van der Waals surface area contributed by atoms with Crippen LogP contribution in [0.1, 0.15) is 42.9 Å². The lowest BCUT2D eigenvalue weighted by Gasteiger charge is -2.29. The fourth-order valence-corrected chi connectivity index (χ4v) is 3.57. The number of methoxy groups -OCH3 is 1. The van der Waals surface area contributed by atoms with Gasteiger partial charge in [-0.1, -0.05) is 36.4 Å². The molecule has 1 aliphatic rings. The first-order chi connectivity index (χ1) is 11.5. The van der Waals surface area contributed by atoms with Gasteiger partial charge in [-0.2, -0.15) is 0 Å². The van der Waals surface area contributed by atoms with Crippen LogP contribution in [0, 0.1) is 5.41 Å². The van der Waals surface area contributed by atoms with E-state index < -0.39 is 5.41 Å². The van der Waals surface area contributed by atoms with Gasteiger partial charge in [-0.05, 0) is 55.5 Å². The van der Waals surface area contributed by atoms with Crippen molar-refractivity contribution in [2.75, 3.05) is 7.11 Å². The lowest BCUT2D eigenvalue weighted by atomic mass is 9.75. The molecular weight excluding hydrogens is 300 g/mol. The molecule has 0 spiro atoms. The second-order valence-electron chi connectivity index (χ2n) is 6.94. The van der Waals surface area contributed by atoms with Crippen LogP contribution in [0.2, 0.25) is 0 Å². The number of fused-ring (bicyclic) bond motifs is 1. The van der Waals surface area contributed by atoms with Crippen LogP contribution in [-0.4, -0.2) is 13.1 Å². The number of hydrogen-bond donors (Lipinski definition) is 0. The van der Waals surface area contributed by atoms with Gasteiger partial charge in [-0.15, -0.1) is 0 Å². The predicted molar refractivity (Wildman–Crippen MR) is 94.1 cm³/mol. The molecule has 0 aromatic heterocycles. The van der Waals surface area contributed by atoms with Crippen molar-refractivity contribution in [2.24, 2.45) is 5.41 Å². The molecule has 3 heteroatoms. The topological polar surface area (TPSA) is 35.5 Å². The van der Waals surface area contributed by atoms with Gasteiger partial charge in [-0.25, -0.2) is 0 Å². The quantitative estimate of drug-likeness (QED) is 0.760. The van der Waals surface area contributed by atoms with E-state index in [9.17, 15) is 4.79 Å². The van der Waals surface area contributed by atoms with E-state index in [1.807, 2.05) is 38.1 Å². The Labute approximate surface area is 143 Å². The molecule has 24 heavy (non-hydrogen) atoms. The molecule has 126 valence electrons. The van der Waals surface area contributed by atoms with Crippen molar-refractivity contribution in [3.63, 3.8) is 0 Å². The summed E-state index contributed by atoms with van der Waals surface area (Å²) in [6.07, 6.45) is 1.97. The maximum Gasteiger partial charge on any atom is 0.311 e. The van der Waals surface area contributed by atoms with Crippen LogP contribution in [0.25, 0.3) is 0 Å². The zero-order valence-electron chi connectivity index (χ0n) is 14.5. The summed E-state index contributed by atoms with van der Waals surface area (Å²) in [6.45, 7) is 4.48. The summed E-state index contributed by atoms with van der Waals surface area (Å²) in [5.74, 6) is 0.862. The van der Waals surface area contributed by atoms with Crippen molar-refractivity contribution in [3.8, 4) is 5.75 Å². The molecule has 0 bridgehead atoms. The average molecular weight is 324 g/mol. The molecule has 0 unspecified atom stereocenters. The number of ether oxygens (including phenoxy) is 2. The largest absolute Gasteiger partial charge is 0.489 e. The van der Waals surface area contributed by atoms with Crippen LogP contribution in [0.4, 0.5) is 0 Å². The van der Waals surface area contributed by atoms with Crippen LogP contribution in [-0.2, 0) is 22.6 Å². The molecule has 2 aromatic rings. The third-order valence-corrected chi connectivity index (χ3v) is 5.03. The minimum Gasteiger partial charge on any atom is -0.489 e. The first-order valence-electron chi connectivity index (χ1n) is 8.40. The Hall–Kier alpha value is -2.29. The van der Waals surface area contributed by atoms with E-state index in [0.29, 0.717) is 6.61 Å². The van der Waals surface area contributed by atoms with Gasteiger partial charge in [0.1, 0.15) is 12.4 Å². The van der Waals surface area contributed by atoms with Crippen molar-refractivity contribution in [3.05, 3.63) is 65.2 Å². The fraction of sp³-hybridized carbons (Fsp3) is 0.381. The number of rotatable bonds is 5. The highest BCUT2D eigenvalue weighted by atomic mass is 16.5. The van der Waals surface area contributed by atoms with Gasteiger partial charge in [0.15, 0.2) is 0 Å². The fourth-order valence-electron chi connectivity index (χ4n) is 3.57. The number of aryl methyl sites for hydroxylation is 1. The van der Waals surface area contributed by atoms with E-state index in [4.69, 9.17) is 9.47 Å². The number of benzene rings is 2. The molecule has 0 radical (unpaired) electrons. The Morgan fingerprint density at radius 1 is 1.17 bits per heavy atom. The smallest absolute Gasteiger partial charge is 0.311 e. The van der Waals surface area contributed by atoms with Crippen molar-refractivity contribution in [1.29, 1.82) is 0 Å². The highest BCUT2D eigenvalue weighted by Gasteiger charge is 2.42. The highest BCUT2D eigenvalue weighted by molar-refractivity contribution is 5.77. The summed E-state index contributed by atoms with van der Waals surface area (Å²) in [6, 6.07) is 16.4. The molecule has 0 saturated carbocycles. The van der Waals surface area contributed by atoms with Crippen LogP contribution >= 0.6 is 0 Å². The molecule has 0 saturated heterocycles. The van der Waals surface area contributed by atoms with Gasteiger partial charge in [-0.3, -0.25) is 4.79 Å². The zero-order chi connectivity index (χ0) is 17.2. The molecule has 0 aliphatic heterocycles. The number of hydrogen-bond acceptors (Lipinski definition) is 3. The molecule has 0 amide bonds. The van der Waals surface area contributed by atoms with E-state index in [2.05, 4.69) is 24.3 Å². The molecule has 2 aromatic carbocycles. The van der Waals surface area contributed by atoms with Crippen LogP contribution in [0.15, 0.2) is 48.5 Å². The van der Waals surface area contributed by atoms with Gasteiger partial charge >= 0.3 is 5.97 Å². The Morgan fingerprint density at radius 2 is 1.92 bits per heavy atom. The van der Waals surface area contributed by atoms with Crippen LogP contribution in [0.3, 0.4) is 0 Å². The second-order valence-corrected chi connectivity index (χ2v) is 6.94. The summed E-state index contributed by atoms with van der Waals surface area (Å²) in [5.41, 5.74) is 3.14. The SMILES string of the molecule is COC(=O)C(C)(C)[C@H]1CCc2ccc(OCc3ccccc3)cc21. The van der Waals surface area contributed by atoms with Crippen molar-refractivity contribution < 1.29 is 14.3 Å². The van der Waals surface area contributed by atoms with Gasteiger partial charge in [0.05, 0.1) is 12.5 Å². The van der Waals surface area contributed by atoms with Gasteiger partial charge in [0.25, 0.3) is 0 Å². The summed E-state index contributed by atoms with van der Waals surface area (Å²) < 4.78 is 11.0. The Kier molecular flexibility index (Phi) is 4.61. The average Bonchev–Trinajstić information content (AvgIpc) is 3.04. The molecule has 0 N–H and O–H groups in total. The molecule has 0 fully saturated rings. The molecule has 1 aliphatic carbocycles. The third-order valence-electron chi connectivity index (χ3n) is 5.03. The molecular formula is C21H24O3. The Bertz CT molecular complexity index is 719. The van der Waals surface area contributed by atoms with Crippen LogP contribution < -0.4 is 4.74 Å². The van der Waals surface area contributed by atoms with Crippen molar-refractivity contribution >= 4 is 5.97 Å². The standard InChI is InChI=1S/C21H24O3/c1-21(2,20(22)23-3)19-12-10-16-9-11-17(13-18(16)19)24-14-15-7-5-4-6-8-15/h4-9,11,13,19H,10,12,14H2,1-3H3/t19-/m0/s1. The summed E-state index contributed by atoms with van der Waals surface area (Å²) >= 11 is 0. The van der Waals surface area contributed by atoms with E-state index in [1.165, 1.54) is 18.2 Å². The normalized spacial score (nSPS) is 16.5. The maximum atomic E-state index is 12.2. The summed E-state index contributed by atoms with van der Waals surface area (Å²) in [4.78, 5) is 12.2. The monoisotopic (exact) mass is 324 g/mol. The minimum atomic E-state index is -0.530. The summed E-state index contributed by atoms with van der Waals surface area (Å²) in [7, 11) is 1.46. The van der Waals surface area contributed by atoms with Crippen molar-refractivity contribution in [2.45, 2.75) is 39.2 Å². The van der Waals surface area contributed by atoms with E-state index >= 15 is 0 Å². The summed E-state index contributed by atoms with van der Waals surface area (Å²) in [5, 5.41) is 0. The number of carbonyl (C=O) groups is 1. The number of carbonyl (C=O) groups excluding carboxylic acids is 1. The molecule has 3 nitrogen and oxygen atoms in total. The van der Waals surface area contributed by atoms with Crippen molar-refractivity contribution in [1.82, 2.24) is 0 Å². The maximum absolute atomic E-state index is 12.2. The number of esters is 1. The lowest BCUT2D eigenvalue weighted by Crippen LogP contribution is -2.31. The molecule has 1 atom stereocenters. The van der Waals surface area contributed by atoms with Gasteiger partial charge < -0.3 is 9.47 Å². The zero-order valence-corrected chi connectivity index (χ0v) is 14.5. The molecule has 0 heterocycles. The van der Waals surface area contributed by atoms with E-state index in [-0.39, 0.29) is 11.9 Å². The first kappa shape index (κ1) is 16.6. The Morgan fingerprint density at radius 3 is 2.62 bits per heavy atom. The predicted octanol–water partition coefficient (Wildman–Crippen LogP) is 4.49. The molecule has 3 rings (SSSR count). The third kappa shape index (κ3) is 3.16.